The molecule has 0 fully saturated rings. The second kappa shape index (κ2) is 4.94. The summed E-state index contributed by atoms with van der Waals surface area (Å²) < 4.78 is 4.07. The van der Waals surface area contributed by atoms with E-state index in [2.05, 4.69) is 4.74 Å². The molecule has 0 atom stereocenters. The van der Waals surface area contributed by atoms with Crippen LogP contribution >= 0.6 is 0 Å². The van der Waals surface area contributed by atoms with Crippen molar-refractivity contribution in [2.75, 3.05) is 0 Å². The number of carboxylic acids is 3. The van der Waals surface area contributed by atoms with E-state index in [9.17, 15) is 19.2 Å². The lowest BCUT2D eigenvalue weighted by Crippen LogP contribution is -2.45. The van der Waals surface area contributed by atoms with Gasteiger partial charge in [-0.15, -0.1) is 0 Å². The zero-order valence-corrected chi connectivity index (χ0v) is 7.37. The number of ether oxygens (including phenoxy) is 1. The summed E-state index contributed by atoms with van der Waals surface area (Å²) in [5.74, 6) is -4.99. The first-order chi connectivity index (χ1) is 6.84. The number of hydrogen-bond donors (Lipinski definition) is 3. The maximum atomic E-state index is 10.7. The molecule has 0 amide bonds. The molecule has 84 valence electrons. The molecule has 0 heterocycles. The second-order valence-electron chi connectivity index (χ2n) is 2.65. The molecule has 0 aliphatic heterocycles. The predicted molar refractivity (Wildman–Crippen MR) is 42.0 cm³/mol. The third-order valence-electron chi connectivity index (χ3n) is 1.54. The maximum absolute atomic E-state index is 10.7. The Balaban J connectivity index is 5.04. The van der Waals surface area contributed by atoms with Gasteiger partial charge in [-0.25, -0.2) is 4.79 Å². The summed E-state index contributed by atoms with van der Waals surface area (Å²) in [6, 6.07) is 0. The van der Waals surface area contributed by atoms with Gasteiger partial charge in [-0.2, -0.15) is 0 Å². The molecular formula is C7H8O8. The van der Waals surface area contributed by atoms with Crippen LogP contribution in [0.1, 0.15) is 12.8 Å². The van der Waals surface area contributed by atoms with Gasteiger partial charge >= 0.3 is 17.9 Å². The predicted octanol–water partition coefficient (Wildman–Crippen LogP) is -1.07. The highest BCUT2D eigenvalue weighted by Crippen LogP contribution is 2.20. The fraction of sp³-hybridized carbons (Fsp3) is 0.429. The molecule has 3 N–H and O–H groups in total. The van der Waals surface area contributed by atoms with Crippen LogP contribution in [0.25, 0.3) is 0 Å². The number of carbonyl (C=O) groups excluding carboxylic acids is 1. The molecule has 0 aromatic rings. The molecule has 0 saturated heterocycles. The summed E-state index contributed by atoms with van der Waals surface area (Å²) in [7, 11) is 0. The summed E-state index contributed by atoms with van der Waals surface area (Å²) in [5.41, 5.74) is -2.56. The fourth-order valence-electron chi connectivity index (χ4n) is 0.928. The minimum atomic E-state index is -2.56. The van der Waals surface area contributed by atoms with E-state index in [1.54, 1.807) is 0 Å². The first kappa shape index (κ1) is 12.9. The molecule has 8 nitrogen and oxygen atoms in total. The first-order valence-corrected chi connectivity index (χ1v) is 3.62. The summed E-state index contributed by atoms with van der Waals surface area (Å²) in [6.07, 6.45) is -2.24. The number of hydrogen-bond acceptors (Lipinski definition) is 5. The van der Waals surface area contributed by atoms with Gasteiger partial charge in [0.1, 0.15) is 0 Å². The van der Waals surface area contributed by atoms with Gasteiger partial charge in [-0.3, -0.25) is 14.4 Å². The van der Waals surface area contributed by atoms with Crippen molar-refractivity contribution in [3.63, 3.8) is 0 Å². The standard InChI is InChI=1S/C7H8O8/c8-3-15-7(6(13)14,1-4(9)10)2-5(11)12/h3H,1-2H2,(H,9,10)(H,11,12)(H,13,14). The lowest BCUT2D eigenvalue weighted by Gasteiger charge is -2.23. The van der Waals surface area contributed by atoms with Crippen molar-refractivity contribution < 1.29 is 39.2 Å². The van der Waals surface area contributed by atoms with Gasteiger partial charge in [0.05, 0.1) is 12.8 Å². The van der Waals surface area contributed by atoms with Crippen LogP contribution in [-0.2, 0) is 23.9 Å². The molecule has 0 rings (SSSR count). The van der Waals surface area contributed by atoms with Gasteiger partial charge < -0.3 is 20.1 Å². The van der Waals surface area contributed by atoms with Crippen molar-refractivity contribution in [2.24, 2.45) is 0 Å². The van der Waals surface area contributed by atoms with Gasteiger partial charge in [-0.05, 0) is 0 Å². The Labute approximate surface area is 83.1 Å². The average Bonchev–Trinajstić information content (AvgIpc) is 2.01. The van der Waals surface area contributed by atoms with Crippen LogP contribution in [0.5, 0.6) is 0 Å². The van der Waals surface area contributed by atoms with Crippen molar-refractivity contribution in [1.29, 1.82) is 0 Å². The molecule has 8 heteroatoms. The van der Waals surface area contributed by atoms with Gasteiger partial charge in [0.25, 0.3) is 6.47 Å². The van der Waals surface area contributed by atoms with E-state index in [0.717, 1.165) is 0 Å². The van der Waals surface area contributed by atoms with Gasteiger partial charge in [0.15, 0.2) is 0 Å². The SMILES string of the molecule is O=COC(CC(=O)O)(CC(=O)O)C(=O)O. The number of aliphatic carboxylic acids is 3. The van der Waals surface area contributed by atoms with Crippen LogP contribution in [0.2, 0.25) is 0 Å². The minimum absolute atomic E-state index is 0.292. The molecule has 15 heavy (non-hydrogen) atoms. The largest absolute Gasteiger partial charge is 0.481 e. The quantitative estimate of drug-likeness (QED) is 0.461. The lowest BCUT2D eigenvalue weighted by molar-refractivity contribution is -0.179. The van der Waals surface area contributed by atoms with E-state index in [1.807, 2.05) is 0 Å². The van der Waals surface area contributed by atoms with Crippen LogP contribution in [0, 0.1) is 0 Å². The van der Waals surface area contributed by atoms with E-state index in [0.29, 0.717) is 0 Å². The third kappa shape index (κ3) is 3.63. The smallest absolute Gasteiger partial charge is 0.349 e. The summed E-state index contributed by atoms with van der Waals surface area (Å²) in [4.78, 5) is 41.3. The Morgan fingerprint density at radius 1 is 1.07 bits per heavy atom. The van der Waals surface area contributed by atoms with Crippen molar-refractivity contribution in [1.82, 2.24) is 0 Å². The zero-order valence-electron chi connectivity index (χ0n) is 7.37. The zero-order chi connectivity index (χ0) is 12.1. The molecule has 0 aliphatic rings. The van der Waals surface area contributed by atoms with Crippen LogP contribution < -0.4 is 0 Å². The Morgan fingerprint density at radius 3 is 1.67 bits per heavy atom. The topological polar surface area (TPSA) is 138 Å². The van der Waals surface area contributed by atoms with Crippen LogP contribution in [0.4, 0.5) is 0 Å². The number of carbonyl (C=O) groups is 4. The molecule has 0 bridgehead atoms. The van der Waals surface area contributed by atoms with Crippen molar-refractivity contribution in [2.45, 2.75) is 18.4 Å². The molecule has 0 radical (unpaired) electrons. The Hall–Kier alpha value is -2.12. The Bertz CT molecular complexity index is 277. The van der Waals surface area contributed by atoms with Gasteiger partial charge in [0, 0.05) is 0 Å². The first-order valence-electron chi connectivity index (χ1n) is 3.62. The highest BCUT2D eigenvalue weighted by molar-refractivity contribution is 5.89. The molecule has 0 saturated carbocycles. The van der Waals surface area contributed by atoms with E-state index >= 15 is 0 Å². The molecule has 0 aromatic heterocycles. The van der Waals surface area contributed by atoms with E-state index in [4.69, 9.17) is 15.3 Å². The van der Waals surface area contributed by atoms with E-state index in [1.165, 1.54) is 0 Å². The molecule has 0 aliphatic carbocycles. The highest BCUT2D eigenvalue weighted by Gasteiger charge is 2.45. The van der Waals surface area contributed by atoms with E-state index < -0.39 is 36.4 Å². The number of carboxylic acid groups (broad SMARTS) is 3. The van der Waals surface area contributed by atoms with E-state index in [-0.39, 0.29) is 6.47 Å². The normalized spacial score (nSPS) is 10.4. The van der Waals surface area contributed by atoms with Crippen molar-refractivity contribution in [3.05, 3.63) is 0 Å². The molecule has 0 unspecified atom stereocenters. The molecular weight excluding hydrogens is 212 g/mol. The van der Waals surface area contributed by atoms with Crippen molar-refractivity contribution in [3.8, 4) is 0 Å². The van der Waals surface area contributed by atoms with Gasteiger partial charge in [0.2, 0.25) is 5.60 Å². The second-order valence-corrected chi connectivity index (χ2v) is 2.65. The summed E-state index contributed by atoms with van der Waals surface area (Å²) >= 11 is 0. The highest BCUT2D eigenvalue weighted by atomic mass is 16.6. The summed E-state index contributed by atoms with van der Waals surface area (Å²) in [5, 5.41) is 25.4. The average molecular weight is 220 g/mol. The summed E-state index contributed by atoms with van der Waals surface area (Å²) in [6.45, 7) is -0.292. The molecule has 0 aromatic carbocycles. The monoisotopic (exact) mass is 220 g/mol. The minimum Gasteiger partial charge on any atom is -0.481 e. The maximum Gasteiger partial charge on any atom is 0.349 e. The molecule has 0 spiro atoms. The van der Waals surface area contributed by atoms with Crippen molar-refractivity contribution >= 4 is 24.4 Å². The Morgan fingerprint density at radius 2 is 1.47 bits per heavy atom. The Kier molecular flexibility index (Phi) is 4.24. The van der Waals surface area contributed by atoms with Crippen LogP contribution in [0.3, 0.4) is 0 Å². The fourth-order valence-corrected chi connectivity index (χ4v) is 0.928. The number of rotatable bonds is 7. The van der Waals surface area contributed by atoms with Gasteiger partial charge in [-0.1, -0.05) is 0 Å². The van der Waals surface area contributed by atoms with Crippen LogP contribution in [-0.4, -0.2) is 45.3 Å². The van der Waals surface area contributed by atoms with Crippen LogP contribution in [0.15, 0.2) is 0 Å². The third-order valence-corrected chi connectivity index (χ3v) is 1.54. The lowest BCUT2D eigenvalue weighted by atomic mass is 9.95.